The minimum absolute atomic E-state index is 0.287. The molecule has 5 nitrogen and oxygen atoms in total. The van der Waals surface area contributed by atoms with Crippen LogP contribution in [0.2, 0.25) is 0 Å². The molecule has 2 N–H and O–H groups in total. The van der Waals surface area contributed by atoms with Crippen LogP contribution in [0.5, 0.6) is 0 Å². The summed E-state index contributed by atoms with van der Waals surface area (Å²) >= 11 is 1.72. The van der Waals surface area contributed by atoms with Crippen molar-refractivity contribution in [3.05, 3.63) is 53.2 Å². The van der Waals surface area contributed by atoms with Gasteiger partial charge in [-0.05, 0) is 23.9 Å². The van der Waals surface area contributed by atoms with Crippen molar-refractivity contribution in [2.24, 2.45) is 5.73 Å². The van der Waals surface area contributed by atoms with Gasteiger partial charge in [-0.1, -0.05) is 29.8 Å². The van der Waals surface area contributed by atoms with Crippen molar-refractivity contribution >= 4 is 27.4 Å². The van der Waals surface area contributed by atoms with E-state index in [1.54, 1.807) is 17.7 Å². The molecule has 2 aromatic heterocycles. The summed E-state index contributed by atoms with van der Waals surface area (Å²) in [6, 6.07) is 11.1. The lowest BCUT2D eigenvalue weighted by Crippen LogP contribution is -2.49. The first-order valence-corrected chi connectivity index (χ1v) is 9.58. The predicted molar refractivity (Wildman–Crippen MR) is 104 cm³/mol. The zero-order valence-corrected chi connectivity index (χ0v) is 15.2. The van der Waals surface area contributed by atoms with Gasteiger partial charge in [0.2, 0.25) is 0 Å². The summed E-state index contributed by atoms with van der Waals surface area (Å²) < 4.78 is 1.19. The number of rotatable bonds is 4. The van der Waals surface area contributed by atoms with Gasteiger partial charge in [-0.3, -0.25) is 4.90 Å². The smallest absolute Gasteiger partial charge is 0.150 e. The Morgan fingerprint density at radius 2 is 1.84 bits per heavy atom. The molecule has 1 aromatic carbocycles. The largest absolute Gasteiger partial charge is 0.353 e. The van der Waals surface area contributed by atoms with E-state index in [9.17, 15) is 0 Å². The highest BCUT2D eigenvalue weighted by Crippen LogP contribution is 2.29. The molecular formula is C19H23N5S. The molecule has 1 aliphatic heterocycles. The fraction of sp³-hybridized carbons (Fsp3) is 0.368. The van der Waals surface area contributed by atoms with Crippen molar-refractivity contribution in [1.82, 2.24) is 14.9 Å². The molecule has 1 saturated heterocycles. The molecule has 3 aromatic rings. The molecule has 25 heavy (non-hydrogen) atoms. The Labute approximate surface area is 152 Å². The maximum atomic E-state index is 6.11. The second kappa shape index (κ2) is 7.07. The van der Waals surface area contributed by atoms with Crippen molar-refractivity contribution in [1.29, 1.82) is 0 Å². The van der Waals surface area contributed by atoms with E-state index in [0.29, 0.717) is 6.54 Å². The van der Waals surface area contributed by atoms with Gasteiger partial charge in [0.25, 0.3) is 0 Å². The third-order valence-electron chi connectivity index (χ3n) is 4.96. The SMILES string of the molecule is Cc1ccc(C(CN)N2CCN(c3ncnc4ccsc34)CC2)cc1. The summed E-state index contributed by atoms with van der Waals surface area (Å²) in [6.07, 6.45) is 1.67. The van der Waals surface area contributed by atoms with Crippen LogP contribution in [0.15, 0.2) is 42.0 Å². The van der Waals surface area contributed by atoms with E-state index in [-0.39, 0.29) is 6.04 Å². The van der Waals surface area contributed by atoms with Crippen molar-refractivity contribution in [2.45, 2.75) is 13.0 Å². The van der Waals surface area contributed by atoms with Crippen LogP contribution in [0.3, 0.4) is 0 Å². The highest BCUT2D eigenvalue weighted by molar-refractivity contribution is 7.17. The molecule has 3 heterocycles. The molecule has 4 rings (SSSR count). The molecule has 1 fully saturated rings. The highest BCUT2D eigenvalue weighted by atomic mass is 32.1. The number of nitrogens with zero attached hydrogens (tertiary/aromatic N) is 4. The van der Waals surface area contributed by atoms with Gasteiger partial charge >= 0.3 is 0 Å². The zero-order chi connectivity index (χ0) is 17.2. The topological polar surface area (TPSA) is 58.3 Å². The minimum atomic E-state index is 0.287. The van der Waals surface area contributed by atoms with Crippen molar-refractivity contribution in [2.75, 3.05) is 37.6 Å². The molecule has 130 valence electrons. The van der Waals surface area contributed by atoms with Crippen LogP contribution < -0.4 is 10.6 Å². The predicted octanol–water partition coefficient (Wildman–Crippen LogP) is 2.82. The molecule has 6 heteroatoms. The molecule has 0 amide bonds. The number of hydrogen-bond acceptors (Lipinski definition) is 6. The lowest BCUT2D eigenvalue weighted by Gasteiger charge is -2.39. The first kappa shape index (κ1) is 16.4. The van der Waals surface area contributed by atoms with E-state index in [0.717, 1.165) is 37.5 Å². The molecule has 0 radical (unpaired) electrons. The van der Waals surface area contributed by atoms with E-state index >= 15 is 0 Å². The Hall–Kier alpha value is -2.02. The fourth-order valence-corrected chi connectivity index (χ4v) is 4.39. The number of piperazine rings is 1. The van der Waals surface area contributed by atoms with Crippen LogP contribution in [0, 0.1) is 6.92 Å². The van der Waals surface area contributed by atoms with Gasteiger partial charge in [-0.15, -0.1) is 11.3 Å². The normalized spacial score (nSPS) is 17.1. The molecule has 0 spiro atoms. The second-order valence-corrected chi connectivity index (χ2v) is 7.43. The van der Waals surface area contributed by atoms with E-state index in [4.69, 9.17) is 5.73 Å². The van der Waals surface area contributed by atoms with Crippen LogP contribution in [0.1, 0.15) is 17.2 Å². The van der Waals surface area contributed by atoms with Crippen molar-refractivity contribution in [3.63, 3.8) is 0 Å². The molecule has 0 aliphatic carbocycles. The van der Waals surface area contributed by atoms with E-state index in [1.807, 2.05) is 0 Å². The number of hydrogen-bond donors (Lipinski definition) is 1. The second-order valence-electron chi connectivity index (χ2n) is 6.52. The summed E-state index contributed by atoms with van der Waals surface area (Å²) in [7, 11) is 0. The number of benzene rings is 1. The number of aryl methyl sites for hydroxylation is 1. The average Bonchev–Trinajstić information content (AvgIpc) is 3.13. The number of aromatic nitrogens is 2. The third-order valence-corrected chi connectivity index (χ3v) is 5.86. The Kier molecular flexibility index (Phi) is 4.65. The molecule has 1 aliphatic rings. The summed E-state index contributed by atoms with van der Waals surface area (Å²) in [4.78, 5) is 13.8. The maximum absolute atomic E-state index is 6.11. The molecule has 1 atom stereocenters. The van der Waals surface area contributed by atoms with Gasteiger partial charge in [0, 0.05) is 38.8 Å². The van der Waals surface area contributed by atoms with Gasteiger partial charge in [-0.25, -0.2) is 9.97 Å². The lowest BCUT2D eigenvalue weighted by atomic mass is 10.0. The van der Waals surface area contributed by atoms with Gasteiger partial charge in [-0.2, -0.15) is 0 Å². The van der Waals surface area contributed by atoms with Crippen molar-refractivity contribution < 1.29 is 0 Å². The van der Waals surface area contributed by atoms with Crippen LogP contribution in [-0.2, 0) is 0 Å². The summed E-state index contributed by atoms with van der Waals surface area (Å²) in [5.74, 6) is 1.07. The molecule has 0 bridgehead atoms. The van der Waals surface area contributed by atoms with Crippen LogP contribution >= 0.6 is 11.3 Å². The van der Waals surface area contributed by atoms with E-state index in [1.165, 1.54) is 15.8 Å². The summed E-state index contributed by atoms with van der Waals surface area (Å²) in [5, 5.41) is 2.08. The molecule has 1 unspecified atom stereocenters. The lowest BCUT2D eigenvalue weighted by molar-refractivity contribution is 0.190. The van der Waals surface area contributed by atoms with Gasteiger partial charge in [0.05, 0.1) is 10.2 Å². The van der Waals surface area contributed by atoms with E-state index in [2.05, 4.69) is 62.4 Å². The molecule has 0 saturated carbocycles. The monoisotopic (exact) mass is 353 g/mol. The van der Waals surface area contributed by atoms with Gasteiger partial charge in [0.15, 0.2) is 0 Å². The Morgan fingerprint density at radius 1 is 1.08 bits per heavy atom. The number of nitrogens with two attached hydrogens (primary N) is 1. The fourth-order valence-electron chi connectivity index (χ4n) is 3.53. The highest BCUT2D eigenvalue weighted by Gasteiger charge is 2.25. The van der Waals surface area contributed by atoms with Gasteiger partial charge < -0.3 is 10.6 Å². The van der Waals surface area contributed by atoms with Crippen LogP contribution in [-0.4, -0.2) is 47.6 Å². The summed E-state index contributed by atoms with van der Waals surface area (Å²) in [5.41, 5.74) is 9.74. The van der Waals surface area contributed by atoms with Crippen molar-refractivity contribution in [3.8, 4) is 0 Å². The van der Waals surface area contributed by atoms with E-state index < -0.39 is 0 Å². The van der Waals surface area contributed by atoms with Gasteiger partial charge in [0.1, 0.15) is 12.1 Å². The molecular weight excluding hydrogens is 330 g/mol. The number of anilines is 1. The zero-order valence-electron chi connectivity index (χ0n) is 14.4. The van der Waals surface area contributed by atoms with Crippen LogP contribution in [0.25, 0.3) is 10.2 Å². The standard InChI is InChI=1S/C19H23N5S/c1-14-2-4-15(5-3-14)17(12-20)23-7-9-24(10-8-23)19-18-16(6-11-25-18)21-13-22-19/h2-6,11,13,17H,7-10,12,20H2,1H3. The Morgan fingerprint density at radius 3 is 2.56 bits per heavy atom. The maximum Gasteiger partial charge on any atom is 0.150 e. The quantitative estimate of drug-likeness (QED) is 0.782. The first-order chi connectivity index (χ1) is 12.3. The number of thiophene rings is 1. The average molecular weight is 353 g/mol. The van der Waals surface area contributed by atoms with Crippen LogP contribution in [0.4, 0.5) is 5.82 Å². The Bertz CT molecular complexity index is 836. The minimum Gasteiger partial charge on any atom is -0.353 e. The first-order valence-electron chi connectivity index (χ1n) is 8.70. The Balaban J connectivity index is 1.49. The third kappa shape index (κ3) is 3.25. The summed E-state index contributed by atoms with van der Waals surface area (Å²) in [6.45, 7) is 6.68. The number of fused-ring (bicyclic) bond motifs is 1.